The Morgan fingerprint density at radius 1 is 0.356 bits per heavy atom. The Bertz CT molecular complexity index is 1130. The number of hydrogen-bond donors (Lipinski definition) is 0. The van der Waals surface area contributed by atoms with Crippen LogP contribution in [-0.4, -0.2) is 37.2 Å². The van der Waals surface area contributed by atoms with E-state index < -0.39 is 6.10 Å². The van der Waals surface area contributed by atoms with Gasteiger partial charge in [-0.3, -0.25) is 14.4 Å². The molecule has 0 aliphatic heterocycles. The van der Waals surface area contributed by atoms with Crippen LogP contribution in [0.2, 0.25) is 0 Å². The molecule has 0 fully saturated rings. The fourth-order valence-electron chi connectivity index (χ4n) is 6.54. The summed E-state index contributed by atoms with van der Waals surface area (Å²) < 4.78 is 16.7. The smallest absolute Gasteiger partial charge is 0.306 e. The van der Waals surface area contributed by atoms with Gasteiger partial charge in [0.1, 0.15) is 13.2 Å². The summed E-state index contributed by atoms with van der Waals surface area (Å²) in [5, 5.41) is 0. The zero-order valence-electron chi connectivity index (χ0n) is 38.5. The number of ether oxygens (including phenoxy) is 3. The minimum Gasteiger partial charge on any atom is -0.462 e. The molecule has 0 saturated carbocycles. The lowest BCUT2D eigenvalue weighted by Crippen LogP contribution is -2.30. The second-order valence-corrected chi connectivity index (χ2v) is 16.1. The van der Waals surface area contributed by atoms with Crippen LogP contribution < -0.4 is 0 Å². The zero-order chi connectivity index (χ0) is 43.0. The molecule has 338 valence electrons. The van der Waals surface area contributed by atoms with Gasteiger partial charge in [0.15, 0.2) is 6.10 Å². The molecule has 1 atom stereocenters. The molecule has 0 radical (unpaired) electrons. The average Bonchev–Trinajstić information content (AvgIpc) is 3.23. The highest BCUT2D eigenvalue weighted by molar-refractivity contribution is 5.71. The van der Waals surface area contributed by atoms with Crippen molar-refractivity contribution < 1.29 is 28.6 Å². The number of unbranched alkanes of at least 4 members (excludes halogenated alkanes) is 23. The highest BCUT2D eigenvalue weighted by Gasteiger charge is 2.19. The van der Waals surface area contributed by atoms with Crippen molar-refractivity contribution in [2.75, 3.05) is 13.2 Å². The maximum absolute atomic E-state index is 12.7. The molecule has 0 aromatic heterocycles. The normalized spacial score (nSPS) is 12.7. The third kappa shape index (κ3) is 45.8. The Kier molecular flexibility index (Phi) is 45.0. The maximum Gasteiger partial charge on any atom is 0.306 e. The van der Waals surface area contributed by atoms with Gasteiger partial charge < -0.3 is 14.2 Å². The summed E-state index contributed by atoms with van der Waals surface area (Å²) in [5.74, 6) is -0.941. The average molecular weight is 823 g/mol. The summed E-state index contributed by atoms with van der Waals surface area (Å²) in [6.45, 7) is 6.41. The third-order valence-electron chi connectivity index (χ3n) is 10.3. The summed E-state index contributed by atoms with van der Waals surface area (Å²) in [7, 11) is 0. The van der Waals surface area contributed by atoms with Gasteiger partial charge in [-0.05, 0) is 83.5 Å². The minimum atomic E-state index is -0.794. The number of allylic oxidation sites excluding steroid dienone is 12. The second kappa shape index (κ2) is 47.5. The Hall–Kier alpha value is -3.15. The standard InChI is InChI=1S/C53H90O6/c1-4-7-10-13-16-19-22-24-26-28-29-31-34-37-40-43-46-52(55)58-49-50(48-57-51(54)45-42-39-36-33-21-18-15-12-9-6-3)59-53(56)47-44-41-38-35-32-30-27-25-23-20-17-14-11-8-5-2/h8,11,14-15,17-18,20,23,25-28,50H,4-7,9-10,12-13,16,19,21-22,24,29-49H2,1-3H3/b11-8-,17-14-,18-15-,23-20-,27-25-,28-26-. The summed E-state index contributed by atoms with van der Waals surface area (Å²) in [6, 6.07) is 0. The van der Waals surface area contributed by atoms with Crippen LogP contribution in [0.15, 0.2) is 72.9 Å². The van der Waals surface area contributed by atoms with Crippen LogP contribution in [0.25, 0.3) is 0 Å². The van der Waals surface area contributed by atoms with Crippen LogP contribution >= 0.6 is 0 Å². The molecule has 0 N–H and O–H groups in total. The van der Waals surface area contributed by atoms with Crippen LogP contribution in [0.1, 0.15) is 226 Å². The molecule has 0 aromatic carbocycles. The van der Waals surface area contributed by atoms with Crippen molar-refractivity contribution >= 4 is 17.9 Å². The van der Waals surface area contributed by atoms with Crippen molar-refractivity contribution in [2.24, 2.45) is 0 Å². The molecule has 0 spiro atoms. The lowest BCUT2D eigenvalue weighted by atomic mass is 10.1. The molecule has 0 heterocycles. The first-order chi connectivity index (χ1) is 29.0. The Morgan fingerprint density at radius 3 is 1.14 bits per heavy atom. The maximum atomic E-state index is 12.7. The van der Waals surface area contributed by atoms with Crippen molar-refractivity contribution in [2.45, 2.75) is 232 Å². The third-order valence-corrected chi connectivity index (χ3v) is 10.3. The largest absolute Gasteiger partial charge is 0.462 e. The Balaban J connectivity index is 4.42. The van der Waals surface area contributed by atoms with Gasteiger partial charge in [-0.1, -0.05) is 196 Å². The number of carbonyl (C=O) groups excluding carboxylic acids is 3. The van der Waals surface area contributed by atoms with Crippen molar-refractivity contribution in [1.29, 1.82) is 0 Å². The molecule has 0 saturated heterocycles. The van der Waals surface area contributed by atoms with E-state index in [1.165, 1.54) is 77.0 Å². The van der Waals surface area contributed by atoms with Crippen LogP contribution in [0.5, 0.6) is 0 Å². The molecule has 0 rings (SSSR count). The van der Waals surface area contributed by atoms with Crippen LogP contribution in [0.3, 0.4) is 0 Å². The predicted molar refractivity (Wildman–Crippen MR) is 251 cm³/mol. The van der Waals surface area contributed by atoms with E-state index in [0.717, 1.165) is 109 Å². The van der Waals surface area contributed by atoms with Gasteiger partial charge >= 0.3 is 17.9 Å². The number of carbonyl (C=O) groups is 3. The minimum absolute atomic E-state index is 0.0935. The van der Waals surface area contributed by atoms with Crippen molar-refractivity contribution in [1.82, 2.24) is 0 Å². The number of hydrogen-bond acceptors (Lipinski definition) is 6. The van der Waals surface area contributed by atoms with Gasteiger partial charge in [-0.25, -0.2) is 0 Å². The van der Waals surface area contributed by atoms with Crippen molar-refractivity contribution in [3.05, 3.63) is 72.9 Å². The second-order valence-electron chi connectivity index (χ2n) is 16.1. The monoisotopic (exact) mass is 823 g/mol. The molecule has 6 nitrogen and oxygen atoms in total. The first-order valence-electron chi connectivity index (χ1n) is 24.5. The first-order valence-corrected chi connectivity index (χ1v) is 24.5. The predicted octanol–water partition coefficient (Wildman–Crippen LogP) is 15.9. The SMILES string of the molecule is CC\C=C/C=C\C=C/C=C\CCCCCCCC(=O)OC(COC(=O)CCCCCC/C=C\CCCC)COC(=O)CCCCCCC/C=C\CCCCCCCCC. The molecule has 0 aromatic rings. The summed E-state index contributed by atoms with van der Waals surface area (Å²) in [4.78, 5) is 37.8. The Labute approximate surface area is 363 Å². The highest BCUT2D eigenvalue weighted by Crippen LogP contribution is 2.13. The topological polar surface area (TPSA) is 78.9 Å². The van der Waals surface area contributed by atoms with Crippen LogP contribution in [-0.2, 0) is 28.6 Å². The molecule has 0 aliphatic carbocycles. The van der Waals surface area contributed by atoms with E-state index in [2.05, 4.69) is 69.4 Å². The van der Waals surface area contributed by atoms with Crippen molar-refractivity contribution in [3.8, 4) is 0 Å². The van der Waals surface area contributed by atoms with Crippen LogP contribution in [0.4, 0.5) is 0 Å². The van der Waals surface area contributed by atoms with Gasteiger partial charge in [0.2, 0.25) is 0 Å². The van der Waals surface area contributed by atoms with E-state index in [1.807, 2.05) is 24.3 Å². The quantitative estimate of drug-likeness (QED) is 0.0200. The molecule has 1 unspecified atom stereocenters. The fraction of sp³-hybridized carbons (Fsp3) is 0.717. The van der Waals surface area contributed by atoms with Gasteiger partial charge in [0, 0.05) is 19.3 Å². The number of rotatable bonds is 43. The highest BCUT2D eigenvalue weighted by atomic mass is 16.6. The van der Waals surface area contributed by atoms with Gasteiger partial charge in [-0.15, -0.1) is 0 Å². The van der Waals surface area contributed by atoms with E-state index in [4.69, 9.17) is 14.2 Å². The first kappa shape index (κ1) is 55.9. The molecular weight excluding hydrogens is 733 g/mol. The molecule has 0 bridgehead atoms. The van der Waals surface area contributed by atoms with Crippen LogP contribution in [0, 0.1) is 0 Å². The van der Waals surface area contributed by atoms with E-state index in [9.17, 15) is 14.4 Å². The summed E-state index contributed by atoms with van der Waals surface area (Å²) >= 11 is 0. The van der Waals surface area contributed by atoms with E-state index in [0.29, 0.717) is 19.3 Å². The van der Waals surface area contributed by atoms with Crippen molar-refractivity contribution in [3.63, 3.8) is 0 Å². The van der Waals surface area contributed by atoms with Gasteiger partial charge in [0.25, 0.3) is 0 Å². The summed E-state index contributed by atoms with van der Waals surface area (Å²) in [6.07, 6.45) is 58.8. The summed E-state index contributed by atoms with van der Waals surface area (Å²) in [5.41, 5.74) is 0. The van der Waals surface area contributed by atoms with Gasteiger partial charge in [-0.2, -0.15) is 0 Å². The molecule has 6 heteroatoms. The zero-order valence-corrected chi connectivity index (χ0v) is 38.5. The molecule has 0 aliphatic rings. The van der Waals surface area contributed by atoms with E-state index >= 15 is 0 Å². The fourth-order valence-corrected chi connectivity index (χ4v) is 6.54. The van der Waals surface area contributed by atoms with E-state index in [1.54, 1.807) is 0 Å². The molecule has 0 amide bonds. The van der Waals surface area contributed by atoms with E-state index in [-0.39, 0.29) is 31.1 Å². The number of esters is 3. The molecular formula is C53H90O6. The lowest BCUT2D eigenvalue weighted by Gasteiger charge is -2.18. The lowest BCUT2D eigenvalue weighted by molar-refractivity contribution is -0.167. The van der Waals surface area contributed by atoms with Gasteiger partial charge in [0.05, 0.1) is 0 Å². The Morgan fingerprint density at radius 2 is 0.695 bits per heavy atom. The molecule has 59 heavy (non-hydrogen) atoms.